The van der Waals surface area contributed by atoms with Crippen molar-refractivity contribution in [2.45, 2.75) is 45.2 Å². The number of furan rings is 1. The molecule has 7 heteroatoms. The van der Waals surface area contributed by atoms with Crippen LogP contribution < -0.4 is 5.32 Å². The average Bonchev–Trinajstić information content (AvgIpc) is 3.29. The first-order valence-corrected chi connectivity index (χ1v) is 8.66. The van der Waals surface area contributed by atoms with Crippen molar-refractivity contribution in [1.29, 1.82) is 0 Å². The molecule has 2 aliphatic rings. The lowest BCUT2D eigenvalue weighted by atomic mass is 9.67. The molecule has 1 spiro atoms. The maximum atomic E-state index is 13.1. The second-order valence-electron chi connectivity index (χ2n) is 7.08. The number of hydrogen-bond donors (Lipinski definition) is 1. The van der Waals surface area contributed by atoms with Crippen molar-refractivity contribution in [2.75, 3.05) is 0 Å². The zero-order valence-electron chi connectivity index (χ0n) is 14.3. The van der Waals surface area contributed by atoms with Gasteiger partial charge < -0.3 is 14.3 Å². The van der Waals surface area contributed by atoms with Crippen molar-refractivity contribution >= 4 is 11.9 Å². The molecule has 132 valence electrons. The van der Waals surface area contributed by atoms with E-state index in [4.69, 9.17) is 8.94 Å². The number of rotatable bonds is 3. The van der Waals surface area contributed by atoms with Gasteiger partial charge in [0.25, 0.3) is 5.91 Å². The van der Waals surface area contributed by atoms with Crippen LogP contribution in [0.4, 0.5) is 4.79 Å². The van der Waals surface area contributed by atoms with Crippen molar-refractivity contribution in [1.82, 2.24) is 15.4 Å². The van der Waals surface area contributed by atoms with Crippen molar-refractivity contribution in [3.63, 3.8) is 0 Å². The third-order valence-corrected chi connectivity index (χ3v) is 5.63. The fourth-order valence-electron chi connectivity index (χ4n) is 4.18. The maximum Gasteiger partial charge on any atom is 0.325 e. The molecule has 3 heterocycles. The highest BCUT2D eigenvalue weighted by atomic mass is 16.5. The number of carbonyl (C=O) groups excluding carboxylic acids is 2. The molecule has 1 unspecified atom stereocenters. The smallest absolute Gasteiger partial charge is 0.325 e. The second kappa shape index (κ2) is 5.75. The zero-order chi connectivity index (χ0) is 17.6. The van der Waals surface area contributed by atoms with Gasteiger partial charge in [-0.15, -0.1) is 0 Å². The monoisotopic (exact) mass is 343 g/mol. The third-order valence-electron chi connectivity index (χ3n) is 5.63. The Labute approximate surface area is 145 Å². The highest BCUT2D eigenvalue weighted by Crippen LogP contribution is 2.42. The number of nitrogens with one attached hydrogen (secondary N) is 1. The minimum atomic E-state index is -0.789. The third kappa shape index (κ3) is 2.37. The number of urea groups is 1. The van der Waals surface area contributed by atoms with Gasteiger partial charge in [-0.05, 0) is 36.8 Å². The Hall–Kier alpha value is -2.57. The molecule has 0 radical (unpaired) electrons. The van der Waals surface area contributed by atoms with Gasteiger partial charge in [-0.1, -0.05) is 25.4 Å². The van der Waals surface area contributed by atoms with Crippen LogP contribution in [0.3, 0.4) is 0 Å². The number of hydrogen-bond acceptors (Lipinski definition) is 5. The highest BCUT2D eigenvalue weighted by molar-refractivity contribution is 6.07. The Kier molecular flexibility index (Phi) is 3.67. The normalized spacial score (nSPS) is 29.4. The molecule has 0 aromatic carbocycles. The molecule has 4 rings (SSSR count). The quantitative estimate of drug-likeness (QED) is 0.865. The van der Waals surface area contributed by atoms with Crippen LogP contribution in [0.1, 0.15) is 38.8 Å². The molecule has 1 saturated heterocycles. The van der Waals surface area contributed by atoms with Crippen molar-refractivity contribution in [3.8, 4) is 11.5 Å². The number of amides is 3. The van der Waals surface area contributed by atoms with Gasteiger partial charge >= 0.3 is 6.03 Å². The summed E-state index contributed by atoms with van der Waals surface area (Å²) in [7, 11) is 0. The van der Waals surface area contributed by atoms with Gasteiger partial charge in [-0.2, -0.15) is 0 Å². The van der Waals surface area contributed by atoms with Crippen LogP contribution in [-0.2, 0) is 11.3 Å². The SMILES string of the molecule is C[C@@H]1CCC[C@H](C)C12NC(=O)N(Cc1cc(-c3ccco3)on1)C2=O. The summed E-state index contributed by atoms with van der Waals surface area (Å²) < 4.78 is 10.5. The lowest BCUT2D eigenvalue weighted by Gasteiger charge is -2.42. The van der Waals surface area contributed by atoms with Gasteiger partial charge in [-0.3, -0.25) is 9.69 Å². The second-order valence-corrected chi connectivity index (χ2v) is 7.08. The summed E-state index contributed by atoms with van der Waals surface area (Å²) in [5.41, 5.74) is -0.272. The summed E-state index contributed by atoms with van der Waals surface area (Å²) in [6.07, 6.45) is 4.52. The Bertz CT molecular complexity index is 785. The van der Waals surface area contributed by atoms with Crippen LogP contribution in [0, 0.1) is 11.8 Å². The van der Waals surface area contributed by atoms with E-state index in [1.54, 1.807) is 24.5 Å². The number of carbonyl (C=O) groups is 2. The van der Waals surface area contributed by atoms with Crippen molar-refractivity contribution in [2.24, 2.45) is 11.8 Å². The fourth-order valence-corrected chi connectivity index (χ4v) is 4.18. The first kappa shape index (κ1) is 15.9. The van der Waals surface area contributed by atoms with Crippen LogP contribution in [0.5, 0.6) is 0 Å². The molecular weight excluding hydrogens is 322 g/mol. The fraction of sp³-hybridized carbons (Fsp3) is 0.500. The highest BCUT2D eigenvalue weighted by Gasteiger charge is 2.58. The molecule has 0 bridgehead atoms. The minimum Gasteiger partial charge on any atom is -0.461 e. The first-order valence-electron chi connectivity index (χ1n) is 8.66. The topological polar surface area (TPSA) is 88.6 Å². The number of imide groups is 1. The molecule has 2 aromatic heterocycles. The number of nitrogens with zero attached hydrogens (tertiary/aromatic N) is 2. The van der Waals surface area contributed by atoms with Crippen LogP contribution in [0.25, 0.3) is 11.5 Å². The van der Waals surface area contributed by atoms with Crippen LogP contribution in [0.15, 0.2) is 33.4 Å². The van der Waals surface area contributed by atoms with Crippen LogP contribution in [0.2, 0.25) is 0 Å². The maximum absolute atomic E-state index is 13.1. The van der Waals surface area contributed by atoms with Gasteiger partial charge in [0.2, 0.25) is 5.76 Å². The largest absolute Gasteiger partial charge is 0.461 e. The van der Waals surface area contributed by atoms with Crippen LogP contribution >= 0.6 is 0 Å². The van der Waals surface area contributed by atoms with Gasteiger partial charge in [0.15, 0.2) is 5.76 Å². The molecule has 1 aliphatic carbocycles. The van der Waals surface area contributed by atoms with E-state index in [2.05, 4.69) is 10.5 Å². The molecule has 1 N–H and O–H groups in total. The summed E-state index contributed by atoms with van der Waals surface area (Å²) in [5, 5.41) is 6.95. The van der Waals surface area contributed by atoms with E-state index in [0.29, 0.717) is 17.2 Å². The minimum absolute atomic E-state index is 0.0933. The van der Waals surface area contributed by atoms with E-state index in [-0.39, 0.29) is 30.3 Å². The van der Waals surface area contributed by atoms with Gasteiger partial charge in [0, 0.05) is 6.07 Å². The van der Waals surface area contributed by atoms with Crippen molar-refractivity contribution in [3.05, 3.63) is 30.2 Å². The molecule has 1 aliphatic heterocycles. The summed E-state index contributed by atoms with van der Waals surface area (Å²) in [6, 6.07) is 4.86. The lowest BCUT2D eigenvalue weighted by molar-refractivity contribution is -0.137. The molecular formula is C18H21N3O4. The molecule has 7 nitrogen and oxygen atoms in total. The molecule has 2 fully saturated rings. The molecule has 1 saturated carbocycles. The molecule has 3 amide bonds. The molecule has 25 heavy (non-hydrogen) atoms. The van der Waals surface area contributed by atoms with Gasteiger partial charge in [0.1, 0.15) is 11.2 Å². The lowest BCUT2D eigenvalue weighted by Crippen LogP contribution is -2.58. The van der Waals surface area contributed by atoms with Gasteiger partial charge in [-0.25, -0.2) is 4.79 Å². The van der Waals surface area contributed by atoms with E-state index in [1.807, 2.05) is 13.8 Å². The van der Waals surface area contributed by atoms with E-state index < -0.39 is 5.54 Å². The van der Waals surface area contributed by atoms with Crippen molar-refractivity contribution < 1.29 is 18.5 Å². The summed E-state index contributed by atoms with van der Waals surface area (Å²) in [5.74, 6) is 1.12. The summed E-state index contributed by atoms with van der Waals surface area (Å²) in [4.78, 5) is 26.9. The summed E-state index contributed by atoms with van der Waals surface area (Å²) >= 11 is 0. The Morgan fingerprint density at radius 1 is 1.28 bits per heavy atom. The van der Waals surface area contributed by atoms with E-state index in [9.17, 15) is 9.59 Å². The van der Waals surface area contributed by atoms with E-state index in [0.717, 1.165) is 19.3 Å². The predicted octanol–water partition coefficient (Wildman–Crippen LogP) is 3.18. The van der Waals surface area contributed by atoms with Crippen LogP contribution in [-0.4, -0.2) is 27.5 Å². The average molecular weight is 343 g/mol. The molecule has 3 atom stereocenters. The summed E-state index contributed by atoms with van der Waals surface area (Å²) in [6.45, 7) is 4.18. The van der Waals surface area contributed by atoms with E-state index >= 15 is 0 Å². The predicted molar refractivity (Wildman–Crippen MR) is 88.2 cm³/mol. The first-order chi connectivity index (χ1) is 12.0. The Morgan fingerprint density at radius 3 is 2.72 bits per heavy atom. The zero-order valence-corrected chi connectivity index (χ0v) is 14.3. The number of aromatic nitrogens is 1. The molecule has 2 aromatic rings. The van der Waals surface area contributed by atoms with Gasteiger partial charge in [0.05, 0.1) is 12.8 Å². The Balaban J connectivity index is 1.57. The standard InChI is InChI=1S/C18H21N3O4/c1-11-5-3-6-12(2)18(11)16(22)21(17(23)19-18)10-13-9-15(25-20-13)14-7-4-8-24-14/h4,7-9,11-12H,3,5-6,10H2,1-2H3,(H,19,23)/t11-,12+,18?. The van der Waals surface area contributed by atoms with E-state index in [1.165, 1.54) is 4.90 Å². The Morgan fingerprint density at radius 2 is 2.04 bits per heavy atom.